The van der Waals surface area contributed by atoms with Crippen LogP contribution >= 0.6 is 11.6 Å². The quantitative estimate of drug-likeness (QED) is 0.731. The zero-order valence-corrected chi connectivity index (χ0v) is 15.7. The number of anilines is 3. The third-order valence-electron chi connectivity index (χ3n) is 4.60. The third-order valence-corrected chi connectivity index (χ3v) is 4.84. The van der Waals surface area contributed by atoms with Crippen LogP contribution in [0.25, 0.3) is 0 Å². The van der Waals surface area contributed by atoms with E-state index in [4.69, 9.17) is 11.6 Å². The van der Waals surface area contributed by atoms with Crippen LogP contribution < -0.4 is 15.1 Å². The van der Waals surface area contributed by atoms with Gasteiger partial charge in [-0.1, -0.05) is 17.7 Å². The Morgan fingerprint density at radius 3 is 2.48 bits per heavy atom. The Bertz CT molecular complexity index is 880. The fraction of sp³-hybridized carbons (Fsp3) is 0.250. The molecule has 0 spiro atoms. The van der Waals surface area contributed by atoms with Crippen molar-refractivity contribution in [3.05, 3.63) is 71.6 Å². The van der Waals surface area contributed by atoms with E-state index in [9.17, 15) is 0 Å². The molecule has 0 amide bonds. The summed E-state index contributed by atoms with van der Waals surface area (Å²) >= 11 is 6.11. The topological polar surface area (TPSA) is 57.2 Å². The largest absolute Gasteiger partial charge is 0.368 e. The molecule has 1 aromatic carbocycles. The lowest BCUT2D eigenvalue weighted by Crippen LogP contribution is -2.47. The number of halogens is 1. The van der Waals surface area contributed by atoms with Crippen LogP contribution in [-0.2, 0) is 6.54 Å². The molecule has 6 nitrogen and oxygen atoms in total. The van der Waals surface area contributed by atoms with Gasteiger partial charge in [-0.15, -0.1) is 0 Å². The number of nitrogens with zero attached hydrogens (tertiary/aromatic N) is 5. The van der Waals surface area contributed by atoms with Crippen molar-refractivity contribution in [1.29, 1.82) is 0 Å². The summed E-state index contributed by atoms with van der Waals surface area (Å²) < 4.78 is 0. The van der Waals surface area contributed by atoms with E-state index in [2.05, 4.69) is 36.1 Å². The number of pyridine rings is 1. The minimum Gasteiger partial charge on any atom is -0.368 e. The summed E-state index contributed by atoms with van der Waals surface area (Å²) in [6.45, 7) is 4.29. The summed E-state index contributed by atoms with van der Waals surface area (Å²) in [6, 6.07) is 13.9. The fourth-order valence-electron chi connectivity index (χ4n) is 3.13. The zero-order chi connectivity index (χ0) is 18.5. The van der Waals surface area contributed by atoms with Gasteiger partial charge < -0.3 is 15.1 Å². The molecule has 0 atom stereocenters. The number of rotatable bonds is 5. The van der Waals surface area contributed by atoms with Gasteiger partial charge in [0.25, 0.3) is 0 Å². The molecule has 1 saturated heterocycles. The molecule has 2 aromatic heterocycles. The maximum atomic E-state index is 6.11. The summed E-state index contributed by atoms with van der Waals surface area (Å²) in [7, 11) is 0. The van der Waals surface area contributed by atoms with Gasteiger partial charge in [0.05, 0.1) is 0 Å². The Labute approximate surface area is 163 Å². The van der Waals surface area contributed by atoms with E-state index in [1.165, 1.54) is 5.56 Å². The number of hydrogen-bond donors (Lipinski definition) is 1. The van der Waals surface area contributed by atoms with E-state index in [-0.39, 0.29) is 0 Å². The summed E-state index contributed by atoms with van der Waals surface area (Å²) in [5.41, 5.74) is 2.33. The molecule has 0 unspecified atom stereocenters. The van der Waals surface area contributed by atoms with E-state index in [1.54, 1.807) is 18.6 Å². The predicted octanol–water partition coefficient (Wildman–Crippen LogP) is 3.46. The van der Waals surface area contributed by atoms with Crippen molar-refractivity contribution in [3.8, 4) is 0 Å². The lowest BCUT2D eigenvalue weighted by molar-refractivity contribution is 0.640. The second kappa shape index (κ2) is 8.22. The van der Waals surface area contributed by atoms with Crippen molar-refractivity contribution in [2.75, 3.05) is 41.3 Å². The van der Waals surface area contributed by atoms with Crippen LogP contribution in [0.5, 0.6) is 0 Å². The molecule has 0 bridgehead atoms. The van der Waals surface area contributed by atoms with Gasteiger partial charge in [-0.05, 0) is 42.0 Å². The summed E-state index contributed by atoms with van der Waals surface area (Å²) in [5.74, 6) is 1.59. The molecule has 0 aliphatic carbocycles. The van der Waals surface area contributed by atoms with Crippen LogP contribution in [0, 0.1) is 0 Å². The monoisotopic (exact) mass is 380 g/mol. The van der Waals surface area contributed by atoms with Crippen molar-refractivity contribution in [2.45, 2.75) is 6.54 Å². The Morgan fingerprint density at radius 2 is 1.70 bits per heavy atom. The van der Waals surface area contributed by atoms with Crippen LogP contribution in [-0.4, -0.2) is 41.1 Å². The molecule has 0 saturated carbocycles. The highest BCUT2D eigenvalue weighted by Crippen LogP contribution is 2.22. The van der Waals surface area contributed by atoms with E-state index in [0.29, 0.717) is 6.54 Å². The first-order valence-corrected chi connectivity index (χ1v) is 9.37. The summed E-state index contributed by atoms with van der Waals surface area (Å²) in [5, 5.41) is 4.12. The van der Waals surface area contributed by atoms with Crippen molar-refractivity contribution in [2.24, 2.45) is 0 Å². The Kier molecular flexibility index (Phi) is 5.34. The average molecular weight is 381 g/mol. The van der Waals surface area contributed by atoms with Gasteiger partial charge in [-0.3, -0.25) is 4.98 Å². The number of piperazine rings is 1. The van der Waals surface area contributed by atoms with Crippen molar-refractivity contribution in [3.63, 3.8) is 0 Å². The van der Waals surface area contributed by atoms with E-state index < -0.39 is 0 Å². The molecular weight excluding hydrogens is 360 g/mol. The minimum atomic E-state index is 0.710. The number of hydrogen-bond acceptors (Lipinski definition) is 6. The van der Waals surface area contributed by atoms with Gasteiger partial charge in [0.2, 0.25) is 5.95 Å². The Hall–Kier alpha value is -2.86. The molecule has 4 rings (SSSR count). The van der Waals surface area contributed by atoms with Gasteiger partial charge in [0.1, 0.15) is 5.82 Å². The lowest BCUT2D eigenvalue weighted by Gasteiger charge is -2.36. The Morgan fingerprint density at radius 1 is 0.926 bits per heavy atom. The third kappa shape index (κ3) is 4.46. The molecule has 3 heterocycles. The normalized spacial score (nSPS) is 14.3. The summed E-state index contributed by atoms with van der Waals surface area (Å²) in [4.78, 5) is 17.7. The second-order valence-corrected chi connectivity index (χ2v) is 6.84. The Balaban J connectivity index is 1.37. The highest BCUT2D eigenvalue weighted by atomic mass is 35.5. The van der Waals surface area contributed by atoms with Crippen molar-refractivity contribution in [1.82, 2.24) is 15.0 Å². The standard InChI is InChI=1S/C20H21ClN6/c21-17-2-1-3-18(14-17)26-10-12-27(13-11-26)20-23-9-6-19(25-20)24-15-16-4-7-22-8-5-16/h1-9,14H,10-13,15H2,(H,23,24,25). The molecule has 1 aliphatic heterocycles. The van der Waals surface area contributed by atoms with Crippen molar-refractivity contribution < 1.29 is 0 Å². The van der Waals surface area contributed by atoms with Crippen LogP contribution in [0.3, 0.4) is 0 Å². The van der Waals surface area contributed by atoms with Gasteiger partial charge in [-0.2, -0.15) is 4.98 Å². The van der Waals surface area contributed by atoms with Crippen LogP contribution in [0.1, 0.15) is 5.56 Å². The molecule has 0 radical (unpaired) electrons. The van der Waals surface area contributed by atoms with Crippen LogP contribution in [0.2, 0.25) is 5.02 Å². The molecular formula is C20H21ClN6. The molecule has 138 valence electrons. The first kappa shape index (κ1) is 17.5. The maximum absolute atomic E-state index is 6.11. The smallest absolute Gasteiger partial charge is 0.227 e. The highest BCUT2D eigenvalue weighted by molar-refractivity contribution is 6.30. The average Bonchev–Trinajstić information content (AvgIpc) is 2.73. The maximum Gasteiger partial charge on any atom is 0.227 e. The van der Waals surface area contributed by atoms with Gasteiger partial charge >= 0.3 is 0 Å². The van der Waals surface area contributed by atoms with Crippen molar-refractivity contribution >= 4 is 29.1 Å². The zero-order valence-electron chi connectivity index (χ0n) is 14.9. The van der Waals surface area contributed by atoms with Gasteiger partial charge in [-0.25, -0.2) is 4.98 Å². The minimum absolute atomic E-state index is 0.710. The predicted molar refractivity (Wildman–Crippen MR) is 109 cm³/mol. The van der Waals surface area contributed by atoms with E-state index >= 15 is 0 Å². The van der Waals surface area contributed by atoms with E-state index in [0.717, 1.165) is 48.7 Å². The van der Waals surface area contributed by atoms with E-state index in [1.807, 2.05) is 36.4 Å². The first-order chi connectivity index (χ1) is 13.3. The molecule has 7 heteroatoms. The first-order valence-electron chi connectivity index (χ1n) is 8.99. The lowest BCUT2D eigenvalue weighted by atomic mass is 10.2. The SMILES string of the molecule is Clc1cccc(N2CCN(c3nccc(NCc4ccncc4)n3)CC2)c1. The second-order valence-electron chi connectivity index (χ2n) is 6.40. The molecule has 1 N–H and O–H groups in total. The highest BCUT2D eigenvalue weighted by Gasteiger charge is 2.19. The molecule has 1 aliphatic rings. The summed E-state index contributed by atoms with van der Waals surface area (Å²) in [6.07, 6.45) is 5.39. The number of aromatic nitrogens is 3. The van der Waals surface area contributed by atoms with Gasteiger partial charge in [0.15, 0.2) is 0 Å². The molecule has 1 fully saturated rings. The van der Waals surface area contributed by atoms with Crippen LogP contribution in [0.15, 0.2) is 61.1 Å². The molecule has 3 aromatic rings. The molecule has 27 heavy (non-hydrogen) atoms. The number of benzene rings is 1. The van der Waals surface area contributed by atoms with Crippen LogP contribution in [0.4, 0.5) is 17.5 Å². The van der Waals surface area contributed by atoms with Gasteiger partial charge in [0, 0.05) is 62.0 Å². The number of nitrogens with one attached hydrogen (secondary N) is 1. The fourth-order valence-corrected chi connectivity index (χ4v) is 3.31.